The quantitative estimate of drug-likeness (QED) is 0.596. The van der Waals surface area contributed by atoms with E-state index in [1.165, 1.54) is 17.4 Å². The van der Waals surface area contributed by atoms with Crippen molar-refractivity contribution in [2.45, 2.75) is 45.4 Å². The predicted octanol–water partition coefficient (Wildman–Crippen LogP) is 4.94. The van der Waals surface area contributed by atoms with Gasteiger partial charge < -0.3 is 9.30 Å². The van der Waals surface area contributed by atoms with Crippen molar-refractivity contribution in [3.8, 4) is 11.1 Å². The summed E-state index contributed by atoms with van der Waals surface area (Å²) in [6.45, 7) is 5.19. The van der Waals surface area contributed by atoms with E-state index in [2.05, 4.69) is 62.9 Å². The second-order valence-corrected chi connectivity index (χ2v) is 7.41. The van der Waals surface area contributed by atoms with Crippen molar-refractivity contribution in [1.29, 1.82) is 0 Å². The van der Waals surface area contributed by atoms with Crippen LogP contribution in [-0.4, -0.2) is 25.9 Å². The molecule has 1 unspecified atom stereocenters. The molecule has 1 fully saturated rings. The van der Waals surface area contributed by atoms with E-state index in [0.29, 0.717) is 6.04 Å². The average molecular weight is 389 g/mol. The third-order valence-electron chi connectivity index (χ3n) is 4.61. The van der Waals surface area contributed by atoms with Crippen LogP contribution in [0.15, 0.2) is 35.5 Å². The van der Waals surface area contributed by atoms with Crippen LogP contribution < -0.4 is 0 Å². The molecule has 5 nitrogen and oxygen atoms in total. The van der Waals surface area contributed by atoms with Crippen molar-refractivity contribution in [3.05, 3.63) is 35.5 Å². The number of pyridine rings is 1. The van der Waals surface area contributed by atoms with Gasteiger partial charge in [0.25, 0.3) is 0 Å². The molecule has 3 aromatic rings. The van der Waals surface area contributed by atoms with Crippen LogP contribution in [0.1, 0.15) is 45.4 Å². The fraction of sp³-hybridized carbons (Fsp3) is 0.444. The highest BCUT2D eigenvalue weighted by atomic mass is 79.9. The second kappa shape index (κ2) is 6.33. The van der Waals surface area contributed by atoms with Gasteiger partial charge >= 0.3 is 0 Å². The number of fused-ring (bicyclic) bond motifs is 1. The highest BCUT2D eigenvalue weighted by Crippen LogP contribution is 2.34. The molecule has 1 atom stereocenters. The predicted molar refractivity (Wildman–Crippen MR) is 97.9 cm³/mol. The molecular weight excluding hydrogens is 368 g/mol. The molecule has 4 rings (SSSR count). The smallest absolute Gasteiger partial charge is 0.150 e. The lowest BCUT2D eigenvalue weighted by Crippen LogP contribution is -2.18. The summed E-state index contributed by atoms with van der Waals surface area (Å²) in [5, 5.41) is 5.74. The van der Waals surface area contributed by atoms with Gasteiger partial charge in [0.1, 0.15) is 10.8 Å². The van der Waals surface area contributed by atoms with E-state index in [1.54, 1.807) is 0 Å². The molecule has 1 aliphatic heterocycles. The maximum atomic E-state index is 5.84. The van der Waals surface area contributed by atoms with Crippen molar-refractivity contribution < 1.29 is 4.74 Å². The van der Waals surface area contributed by atoms with E-state index < -0.39 is 0 Å². The first-order chi connectivity index (χ1) is 11.6. The first-order valence-corrected chi connectivity index (χ1v) is 9.25. The standard InChI is InChI=1S/C18H21BrN4O/c1-12(2)22-11-15(14-7-17(19)20-9-16(14)22)13-8-21-23(10-13)18-5-3-4-6-24-18/h7-12,18H,3-6H2,1-2H3. The largest absolute Gasteiger partial charge is 0.357 e. The van der Waals surface area contributed by atoms with Crippen molar-refractivity contribution in [1.82, 2.24) is 19.3 Å². The Kier molecular flexibility index (Phi) is 4.18. The summed E-state index contributed by atoms with van der Waals surface area (Å²) < 4.78 is 10.9. The normalized spacial score (nSPS) is 18.6. The molecule has 126 valence electrons. The molecule has 0 N–H and O–H groups in total. The van der Waals surface area contributed by atoms with Crippen molar-refractivity contribution in [2.75, 3.05) is 6.61 Å². The maximum absolute atomic E-state index is 5.84. The molecule has 0 aliphatic carbocycles. The lowest BCUT2D eigenvalue weighted by Gasteiger charge is -2.22. The first kappa shape index (κ1) is 15.8. The zero-order valence-corrected chi connectivity index (χ0v) is 15.5. The summed E-state index contributed by atoms with van der Waals surface area (Å²) in [5.74, 6) is 0. The van der Waals surface area contributed by atoms with Gasteiger partial charge in [0.15, 0.2) is 0 Å². The van der Waals surface area contributed by atoms with Crippen LogP contribution in [-0.2, 0) is 4.74 Å². The van der Waals surface area contributed by atoms with Crippen molar-refractivity contribution >= 4 is 26.8 Å². The van der Waals surface area contributed by atoms with E-state index >= 15 is 0 Å². The third kappa shape index (κ3) is 2.78. The lowest BCUT2D eigenvalue weighted by molar-refractivity contribution is -0.0394. The van der Waals surface area contributed by atoms with Crippen LogP contribution >= 0.6 is 15.9 Å². The second-order valence-electron chi connectivity index (χ2n) is 6.60. The number of halogens is 1. The Hall–Kier alpha value is -1.66. The van der Waals surface area contributed by atoms with Gasteiger partial charge in [-0.25, -0.2) is 9.67 Å². The van der Waals surface area contributed by atoms with Gasteiger partial charge in [-0.1, -0.05) is 0 Å². The van der Waals surface area contributed by atoms with Crippen molar-refractivity contribution in [2.24, 2.45) is 0 Å². The van der Waals surface area contributed by atoms with E-state index in [-0.39, 0.29) is 6.23 Å². The summed E-state index contributed by atoms with van der Waals surface area (Å²) in [7, 11) is 0. The van der Waals surface area contributed by atoms with Gasteiger partial charge in [-0.3, -0.25) is 0 Å². The minimum absolute atomic E-state index is 0.0688. The minimum atomic E-state index is 0.0688. The molecule has 6 heteroatoms. The van der Waals surface area contributed by atoms with Gasteiger partial charge in [0, 0.05) is 41.6 Å². The Labute approximate surface area is 149 Å². The zero-order chi connectivity index (χ0) is 16.7. The molecule has 4 heterocycles. The Bertz CT molecular complexity index is 861. The number of ether oxygens (including phenoxy) is 1. The van der Waals surface area contributed by atoms with E-state index in [9.17, 15) is 0 Å². The van der Waals surface area contributed by atoms with E-state index in [0.717, 1.165) is 35.1 Å². The molecule has 1 saturated heterocycles. The highest BCUT2D eigenvalue weighted by molar-refractivity contribution is 9.10. The molecule has 0 saturated carbocycles. The average Bonchev–Trinajstić information content (AvgIpc) is 3.19. The SMILES string of the molecule is CC(C)n1cc(-c2cnn(C3CCCCO3)c2)c2cc(Br)ncc21. The molecule has 0 amide bonds. The first-order valence-electron chi connectivity index (χ1n) is 8.45. The maximum Gasteiger partial charge on any atom is 0.150 e. The topological polar surface area (TPSA) is 44.9 Å². The fourth-order valence-electron chi connectivity index (χ4n) is 3.35. The van der Waals surface area contributed by atoms with Crippen LogP contribution in [0.5, 0.6) is 0 Å². The Morgan fingerprint density at radius 1 is 1.25 bits per heavy atom. The molecule has 0 radical (unpaired) electrons. The van der Waals surface area contributed by atoms with E-state index in [1.807, 2.05) is 17.1 Å². The Morgan fingerprint density at radius 2 is 2.12 bits per heavy atom. The zero-order valence-electron chi connectivity index (χ0n) is 13.9. The van der Waals surface area contributed by atoms with Gasteiger partial charge in [-0.2, -0.15) is 5.10 Å². The summed E-state index contributed by atoms with van der Waals surface area (Å²) in [5.41, 5.74) is 3.44. The van der Waals surface area contributed by atoms with Gasteiger partial charge in [-0.05, 0) is 55.1 Å². The Balaban J connectivity index is 1.78. The molecule has 0 spiro atoms. The van der Waals surface area contributed by atoms with Crippen LogP contribution in [0.2, 0.25) is 0 Å². The molecule has 24 heavy (non-hydrogen) atoms. The molecule has 0 bridgehead atoms. The third-order valence-corrected chi connectivity index (χ3v) is 5.04. The van der Waals surface area contributed by atoms with Gasteiger partial charge in [0.2, 0.25) is 0 Å². The molecular formula is C18H21BrN4O. The highest BCUT2D eigenvalue weighted by Gasteiger charge is 2.19. The van der Waals surface area contributed by atoms with Crippen LogP contribution in [0, 0.1) is 0 Å². The molecule has 1 aliphatic rings. The minimum Gasteiger partial charge on any atom is -0.357 e. The summed E-state index contributed by atoms with van der Waals surface area (Å²) in [4.78, 5) is 4.39. The lowest BCUT2D eigenvalue weighted by atomic mass is 10.1. The molecule has 3 aromatic heterocycles. The number of aromatic nitrogens is 4. The Morgan fingerprint density at radius 3 is 2.88 bits per heavy atom. The van der Waals surface area contributed by atoms with Crippen LogP contribution in [0.4, 0.5) is 0 Å². The summed E-state index contributed by atoms with van der Waals surface area (Å²) >= 11 is 3.49. The summed E-state index contributed by atoms with van der Waals surface area (Å²) in [6, 6.07) is 2.46. The van der Waals surface area contributed by atoms with Crippen LogP contribution in [0.3, 0.4) is 0 Å². The van der Waals surface area contributed by atoms with Crippen molar-refractivity contribution in [3.63, 3.8) is 0 Å². The van der Waals surface area contributed by atoms with Crippen LogP contribution in [0.25, 0.3) is 22.0 Å². The fourth-order valence-corrected chi connectivity index (χ4v) is 3.68. The van der Waals surface area contributed by atoms with E-state index in [4.69, 9.17) is 4.74 Å². The monoisotopic (exact) mass is 388 g/mol. The number of hydrogen-bond donors (Lipinski definition) is 0. The van der Waals surface area contributed by atoms with Gasteiger partial charge in [0.05, 0.1) is 17.9 Å². The number of hydrogen-bond acceptors (Lipinski definition) is 3. The molecule has 0 aromatic carbocycles. The number of rotatable bonds is 3. The van der Waals surface area contributed by atoms with Gasteiger partial charge in [-0.15, -0.1) is 0 Å². The number of nitrogens with zero attached hydrogens (tertiary/aromatic N) is 4. The summed E-state index contributed by atoms with van der Waals surface area (Å²) in [6.07, 6.45) is 11.6.